The first-order chi connectivity index (χ1) is 4.83. The first-order valence-electron chi connectivity index (χ1n) is 3.57. The Kier molecular flexibility index (Phi) is 6.03. The number of hydrogen-bond acceptors (Lipinski definition) is 1. The minimum Gasteiger partial charge on any atom is -1.00 e. The van der Waals surface area contributed by atoms with Crippen LogP contribution < -0.4 is 17.7 Å². The molecule has 0 saturated carbocycles. The van der Waals surface area contributed by atoms with Gasteiger partial charge in [0.15, 0.2) is 6.67 Å². The van der Waals surface area contributed by atoms with Crippen molar-refractivity contribution in [3.05, 3.63) is 12.2 Å². The van der Waals surface area contributed by atoms with Gasteiger partial charge in [0.05, 0.1) is 21.1 Å². The number of nitrogens with one attached hydrogen (secondary N) is 1. The SMILES string of the molecule is C=C(C)C(=O)NC[N+](C)(C)C.[Cl-]. The summed E-state index contributed by atoms with van der Waals surface area (Å²) in [6, 6.07) is 0. The van der Waals surface area contributed by atoms with Gasteiger partial charge in [-0.1, -0.05) is 6.58 Å². The van der Waals surface area contributed by atoms with Gasteiger partial charge in [-0.2, -0.15) is 0 Å². The molecule has 0 atom stereocenters. The Hall–Kier alpha value is -0.540. The van der Waals surface area contributed by atoms with Gasteiger partial charge in [-0.05, 0) is 6.92 Å². The zero-order chi connectivity index (χ0) is 9.07. The van der Waals surface area contributed by atoms with Gasteiger partial charge in [0, 0.05) is 5.57 Å². The van der Waals surface area contributed by atoms with E-state index in [0.717, 1.165) is 4.48 Å². The zero-order valence-electron chi connectivity index (χ0n) is 8.15. The van der Waals surface area contributed by atoms with Crippen LogP contribution in [-0.2, 0) is 4.79 Å². The van der Waals surface area contributed by atoms with E-state index >= 15 is 0 Å². The molecule has 0 fully saturated rings. The van der Waals surface area contributed by atoms with Crippen LogP contribution in [0.1, 0.15) is 6.92 Å². The van der Waals surface area contributed by atoms with Crippen molar-refractivity contribution in [3.8, 4) is 0 Å². The molecule has 3 nitrogen and oxygen atoms in total. The molecule has 0 rings (SSSR count). The molecule has 0 aliphatic carbocycles. The fourth-order valence-corrected chi connectivity index (χ4v) is 0.460. The predicted octanol–water partition coefficient (Wildman–Crippen LogP) is -2.65. The minimum absolute atomic E-state index is 0. The smallest absolute Gasteiger partial charge is 0.250 e. The molecule has 1 N–H and O–H groups in total. The van der Waals surface area contributed by atoms with E-state index in [4.69, 9.17) is 0 Å². The normalized spacial score (nSPS) is 10.0. The van der Waals surface area contributed by atoms with Crippen LogP contribution in [0.5, 0.6) is 0 Å². The number of carbonyl (C=O) groups excluding carboxylic acids is 1. The number of rotatable bonds is 3. The van der Waals surface area contributed by atoms with Gasteiger partial charge < -0.3 is 22.2 Å². The van der Waals surface area contributed by atoms with Crippen molar-refractivity contribution in [1.82, 2.24) is 5.32 Å². The van der Waals surface area contributed by atoms with Gasteiger partial charge >= 0.3 is 0 Å². The maximum Gasteiger partial charge on any atom is 0.250 e. The summed E-state index contributed by atoms with van der Waals surface area (Å²) in [6.07, 6.45) is 0. The number of amides is 1. The van der Waals surface area contributed by atoms with Crippen LogP contribution in [0.3, 0.4) is 0 Å². The van der Waals surface area contributed by atoms with Crippen molar-refractivity contribution in [3.63, 3.8) is 0 Å². The largest absolute Gasteiger partial charge is 1.00 e. The number of hydrogen-bond donors (Lipinski definition) is 1. The second kappa shape index (κ2) is 5.17. The summed E-state index contributed by atoms with van der Waals surface area (Å²) in [4.78, 5) is 11.0. The lowest BCUT2D eigenvalue weighted by Gasteiger charge is -2.23. The summed E-state index contributed by atoms with van der Waals surface area (Å²) in [6.45, 7) is 5.87. The molecule has 0 aromatic heterocycles. The molecular weight excluding hydrogens is 176 g/mol. The molecule has 0 aromatic rings. The Labute approximate surface area is 80.4 Å². The Balaban J connectivity index is 0. The van der Waals surface area contributed by atoms with E-state index in [-0.39, 0.29) is 18.3 Å². The molecule has 0 bridgehead atoms. The van der Waals surface area contributed by atoms with Crippen LogP contribution in [0.4, 0.5) is 0 Å². The van der Waals surface area contributed by atoms with Gasteiger partial charge in [-0.25, -0.2) is 0 Å². The second-order valence-corrected chi connectivity index (χ2v) is 3.73. The van der Waals surface area contributed by atoms with E-state index in [2.05, 4.69) is 11.9 Å². The average Bonchev–Trinajstić information content (AvgIpc) is 1.80. The molecule has 0 aliphatic heterocycles. The Morgan fingerprint density at radius 2 is 1.83 bits per heavy atom. The van der Waals surface area contributed by atoms with Crippen LogP contribution in [0, 0.1) is 0 Å². The third-order valence-corrected chi connectivity index (χ3v) is 1.10. The second-order valence-electron chi connectivity index (χ2n) is 3.73. The molecule has 0 unspecified atom stereocenters. The fourth-order valence-electron chi connectivity index (χ4n) is 0.460. The summed E-state index contributed by atoms with van der Waals surface area (Å²) in [7, 11) is 6.04. The van der Waals surface area contributed by atoms with E-state index in [1.807, 2.05) is 21.1 Å². The van der Waals surface area contributed by atoms with E-state index in [1.54, 1.807) is 6.92 Å². The van der Waals surface area contributed by atoms with Crippen LogP contribution in [0.2, 0.25) is 0 Å². The maximum absolute atomic E-state index is 11.0. The fraction of sp³-hybridized carbons (Fsp3) is 0.625. The molecule has 0 heterocycles. The lowest BCUT2D eigenvalue weighted by atomic mass is 10.3. The maximum atomic E-state index is 11.0. The Morgan fingerprint density at radius 1 is 1.42 bits per heavy atom. The molecule has 4 heteroatoms. The van der Waals surface area contributed by atoms with Crippen molar-refractivity contribution in [2.75, 3.05) is 27.8 Å². The zero-order valence-corrected chi connectivity index (χ0v) is 8.90. The number of halogens is 1. The third-order valence-electron chi connectivity index (χ3n) is 1.10. The van der Waals surface area contributed by atoms with Crippen LogP contribution in [0.15, 0.2) is 12.2 Å². The van der Waals surface area contributed by atoms with Gasteiger partial charge in [0.2, 0.25) is 0 Å². The highest BCUT2D eigenvalue weighted by Gasteiger charge is 2.08. The minimum atomic E-state index is -0.0712. The highest BCUT2D eigenvalue weighted by Crippen LogP contribution is 1.89. The highest BCUT2D eigenvalue weighted by molar-refractivity contribution is 5.91. The molecule has 72 valence electrons. The van der Waals surface area contributed by atoms with Crippen molar-refractivity contribution in [1.29, 1.82) is 0 Å². The first-order valence-corrected chi connectivity index (χ1v) is 3.57. The molecule has 0 aliphatic rings. The van der Waals surface area contributed by atoms with Crippen LogP contribution in [0.25, 0.3) is 0 Å². The van der Waals surface area contributed by atoms with Gasteiger partial charge in [0.1, 0.15) is 0 Å². The van der Waals surface area contributed by atoms with Crippen molar-refractivity contribution in [2.24, 2.45) is 0 Å². The summed E-state index contributed by atoms with van der Waals surface area (Å²) < 4.78 is 0.721. The predicted molar refractivity (Wildman–Crippen MR) is 45.9 cm³/mol. The quantitative estimate of drug-likeness (QED) is 0.296. The van der Waals surface area contributed by atoms with E-state index in [1.165, 1.54) is 0 Å². The van der Waals surface area contributed by atoms with Crippen molar-refractivity contribution < 1.29 is 21.7 Å². The van der Waals surface area contributed by atoms with Gasteiger partial charge in [0.25, 0.3) is 5.91 Å². The highest BCUT2D eigenvalue weighted by atomic mass is 35.5. The average molecular weight is 193 g/mol. The number of quaternary nitrogens is 1. The number of carbonyl (C=O) groups is 1. The molecule has 0 spiro atoms. The van der Waals surface area contributed by atoms with Crippen LogP contribution in [-0.4, -0.2) is 38.2 Å². The molecule has 12 heavy (non-hydrogen) atoms. The molecule has 0 saturated heterocycles. The lowest BCUT2D eigenvalue weighted by molar-refractivity contribution is -0.872. The summed E-state index contributed by atoms with van der Waals surface area (Å²) in [5.74, 6) is -0.0712. The van der Waals surface area contributed by atoms with E-state index in [9.17, 15) is 4.79 Å². The van der Waals surface area contributed by atoms with Crippen molar-refractivity contribution in [2.45, 2.75) is 6.92 Å². The Bertz CT molecular complexity index is 172. The summed E-state index contributed by atoms with van der Waals surface area (Å²) in [5, 5.41) is 2.76. The molecule has 0 radical (unpaired) electrons. The topological polar surface area (TPSA) is 29.1 Å². The van der Waals surface area contributed by atoms with E-state index in [0.29, 0.717) is 12.2 Å². The standard InChI is InChI=1S/C8H16N2O.ClH/c1-7(2)8(11)9-6-10(3,4)5;/h1,6H2,2-5H3;1H. The summed E-state index contributed by atoms with van der Waals surface area (Å²) in [5.41, 5.74) is 0.554. The third kappa shape index (κ3) is 7.57. The number of nitrogens with zero attached hydrogens (tertiary/aromatic N) is 1. The summed E-state index contributed by atoms with van der Waals surface area (Å²) >= 11 is 0. The van der Waals surface area contributed by atoms with Crippen LogP contribution >= 0.6 is 0 Å². The first kappa shape index (κ1) is 14.0. The van der Waals surface area contributed by atoms with Gasteiger partial charge in [-0.3, -0.25) is 4.79 Å². The van der Waals surface area contributed by atoms with Crippen molar-refractivity contribution >= 4 is 5.91 Å². The Morgan fingerprint density at radius 3 is 2.08 bits per heavy atom. The monoisotopic (exact) mass is 192 g/mol. The molecule has 0 aromatic carbocycles. The van der Waals surface area contributed by atoms with Gasteiger partial charge in [-0.15, -0.1) is 0 Å². The molecule has 1 amide bonds. The molecular formula is C8H17ClN2O. The lowest BCUT2D eigenvalue weighted by Crippen LogP contribution is -3.00. The van der Waals surface area contributed by atoms with E-state index < -0.39 is 0 Å².